The first-order chi connectivity index (χ1) is 11.0. The minimum atomic E-state index is -0.683. The van der Waals surface area contributed by atoms with Gasteiger partial charge in [-0.15, -0.1) is 0 Å². The van der Waals surface area contributed by atoms with Crippen molar-refractivity contribution in [2.24, 2.45) is 11.8 Å². The Morgan fingerprint density at radius 2 is 1.52 bits per heavy atom. The van der Waals surface area contributed by atoms with Gasteiger partial charge in [-0.05, 0) is 19.8 Å². The summed E-state index contributed by atoms with van der Waals surface area (Å²) in [6.45, 7) is 4.52. The predicted octanol–water partition coefficient (Wildman–Crippen LogP) is -5.77. The van der Waals surface area contributed by atoms with Crippen molar-refractivity contribution in [1.82, 2.24) is 10.6 Å². The van der Waals surface area contributed by atoms with Crippen LogP contribution in [0.3, 0.4) is 0 Å². The second kappa shape index (κ2) is 8.58. The number of hydrogen-bond donors (Lipinski definition) is 4. The van der Waals surface area contributed by atoms with Gasteiger partial charge in [0, 0.05) is 12.6 Å². The van der Waals surface area contributed by atoms with Crippen molar-refractivity contribution in [2.75, 3.05) is 32.7 Å². The summed E-state index contributed by atoms with van der Waals surface area (Å²) in [6.07, 6.45) is -0.605. The molecule has 8 heteroatoms. The Hall–Kier alpha value is -1.22. The summed E-state index contributed by atoms with van der Waals surface area (Å²) in [5, 5.41) is 32.3. The smallest absolute Gasteiger partial charge is 0.229 e. The molecule has 2 fully saturated rings. The first kappa shape index (κ1) is 18.1. The van der Waals surface area contributed by atoms with Gasteiger partial charge < -0.3 is 31.5 Å². The summed E-state index contributed by atoms with van der Waals surface area (Å²) in [5.41, 5.74) is 0. The normalized spacial score (nSPS) is 32.8. The first-order valence-electron chi connectivity index (χ1n) is 8.48. The monoisotopic (exact) mass is 328 g/mol. The summed E-state index contributed by atoms with van der Waals surface area (Å²) < 4.78 is 0. The van der Waals surface area contributed by atoms with Crippen LogP contribution in [0.1, 0.15) is 19.8 Å². The Morgan fingerprint density at radius 3 is 2.04 bits per heavy atom. The van der Waals surface area contributed by atoms with Gasteiger partial charge in [0.1, 0.15) is 0 Å². The van der Waals surface area contributed by atoms with Gasteiger partial charge >= 0.3 is 0 Å². The van der Waals surface area contributed by atoms with Gasteiger partial charge in [-0.3, -0.25) is 9.59 Å². The van der Waals surface area contributed by atoms with Crippen molar-refractivity contribution < 1.29 is 30.4 Å². The summed E-state index contributed by atoms with van der Waals surface area (Å²) in [4.78, 5) is 24.2. The molecular weight excluding hydrogens is 300 g/mol. The third-order valence-electron chi connectivity index (χ3n) is 4.57. The van der Waals surface area contributed by atoms with E-state index >= 15 is 0 Å². The van der Waals surface area contributed by atoms with Crippen LogP contribution in [0.2, 0.25) is 0 Å². The largest absolute Gasteiger partial charge is 0.848 e. The number of carbonyl (C=O) groups is 2. The van der Waals surface area contributed by atoms with Crippen LogP contribution in [0.4, 0.5) is 0 Å². The third kappa shape index (κ3) is 5.72. The van der Waals surface area contributed by atoms with E-state index < -0.39 is 12.2 Å². The molecule has 0 bridgehead atoms. The molecule has 2 amide bonds. The van der Waals surface area contributed by atoms with Crippen LogP contribution in [0.15, 0.2) is 0 Å². The van der Waals surface area contributed by atoms with E-state index in [0.29, 0.717) is 45.6 Å². The molecule has 0 spiro atoms. The molecule has 0 aliphatic carbocycles. The van der Waals surface area contributed by atoms with Crippen LogP contribution < -0.4 is 31.5 Å². The van der Waals surface area contributed by atoms with Gasteiger partial charge in [0.15, 0.2) is 0 Å². The summed E-state index contributed by atoms with van der Waals surface area (Å²) in [6, 6.07) is -0.200. The Balaban J connectivity index is 1.68. The SMILES string of the molecule is CC(CNC(=O)C1C[NH2+]CC([O-])C1)NC(=O)C1C[NH2+]CC([O-])C1. The van der Waals surface area contributed by atoms with Crippen molar-refractivity contribution in [2.45, 2.75) is 38.0 Å². The molecule has 0 aromatic carbocycles. The minimum absolute atomic E-state index is 0.117. The maximum atomic E-state index is 12.1. The molecule has 2 rings (SSSR count). The third-order valence-corrected chi connectivity index (χ3v) is 4.57. The quantitative estimate of drug-likeness (QED) is 0.399. The highest BCUT2D eigenvalue weighted by Gasteiger charge is 2.27. The first-order valence-corrected chi connectivity index (χ1v) is 8.48. The average molecular weight is 328 g/mol. The lowest BCUT2D eigenvalue weighted by Crippen LogP contribution is -2.91. The van der Waals surface area contributed by atoms with Crippen LogP contribution >= 0.6 is 0 Å². The van der Waals surface area contributed by atoms with Crippen molar-refractivity contribution in [1.29, 1.82) is 0 Å². The zero-order chi connectivity index (χ0) is 16.8. The fraction of sp³-hybridized carbons (Fsp3) is 0.867. The number of hydrogen-bond acceptors (Lipinski definition) is 4. The van der Waals surface area contributed by atoms with Gasteiger partial charge in [-0.2, -0.15) is 0 Å². The van der Waals surface area contributed by atoms with Gasteiger partial charge in [0.25, 0.3) is 0 Å². The molecule has 0 aromatic heterocycles. The maximum Gasteiger partial charge on any atom is 0.229 e. The lowest BCUT2D eigenvalue weighted by molar-refractivity contribution is -0.696. The molecule has 2 aliphatic heterocycles. The average Bonchev–Trinajstić information content (AvgIpc) is 2.52. The Kier molecular flexibility index (Phi) is 6.76. The molecular formula is C15H28N4O4. The Bertz CT molecular complexity index is 420. The summed E-state index contributed by atoms with van der Waals surface area (Å²) in [5.74, 6) is -0.732. The standard InChI is InChI=1S/C15H26N4O4/c1-9(19-15(23)11-3-13(21)8-17-6-11)4-18-14(22)10-2-12(20)7-16-5-10/h9-13,16-17H,2-8H2,1H3,(H,18,22)(H,19,23)/q-2/p+2. The molecule has 2 aliphatic rings. The lowest BCUT2D eigenvalue weighted by atomic mass is 9.96. The van der Waals surface area contributed by atoms with Crippen molar-refractivity contribution in [3.8, 4) is 0 Å². The highest BCUT2D eigenvalue weighted by molar-refractivity contribution is 5.80. The molecule has 5 unspecified atom stereocenters. The topological polar surface area (TPSA) is 138 Å². The molecule has 0 saturated carbocycles. The molecule has 6 N–H and O–H groups in total. The molecule has 5 atom stereocenters. The maximum absolute atomic E-state index is 12.1. The Labute approximate surface area is 136 Å². The molecule has 2 heterocycles. The molecule has 0 aromatic rings. The predicted molar refractivity (Wildman–Crippen MR) is 77.7 cm³/mol. The molecule has 2 saturated heterocycles. The van der Waals surface area contributed by atoms with E-state index in [1.54, 1.807) is 0 Å². The van der Waals surface area contributed by atoms with Gasteiger partial charge in [0.05, 0.1) is 38.0 Å². The van der Waals surface area contributed by atoms with Crippen LogP contribution in [-0.4, -0.2) is 62.8 Å². The molecule has 132 valence electrons. The fourth-order valence-corrected chi connectivity index (χ4v) is 3.22. The van der Waals surface area contributed by atoms with Gasteiger partial charge in [-0.25, -0.2) is 0 Å². The van der Waals surface area contributed by atoms with E-state index in [1.807, 2.05) is 17.6 Å². The van der Waals surface area contributed by atoms with Gasteiger partial charge in [0.2, 0.25) is 11.8 Å². The van der Waals surface area contributed by atoms with E-state index in [-0.39, 0.29) is 29.7 Å². The number of carbonyl (C=O) groups excluding carboxylic acids is 2. The van der Waals surface area contributed by atoms with E-state index in [1.165, 1.54) is 0 Å². The number of rotatable bonds is 5. The van der Waals surface area contributed by atoms with Crippen molar-refractivity contribution in [3.63, 3.8) is 0 Å². The van der Waals surface area contributed by atoms with Crippen LogP contribution in [0.5, 0.6) is 0 Å². The van der Waals surface area contributed by atoms with E-state index in [4.69, 9.17) is 0 Å². The van der Waals surface area contributed by atoms with Gasteiger partial charge in [-0.1, -0.05) is 12.2 Å². The Morgan fingerprint density at radius 1 is 1.00 bits per heavy atom. The van der Waals surface area contributed by atoms with Crippen LogP contribution in [0.25, 0.3) is 0 Å². The van der Waals surface area contributed by atoms with Crippen molar-refractivity contribution in [3.05, 3.63) is 0 Å². The summed E-state index contributed by atoms with van der Waals surface area (Å²) >= 11 is 0. The second-order valence-corrected chi connectivity index (χ2v) is 6.78. The van der Waals surface area contributed by atoms with E-state index in [9.17, 15) is 19.8 Å². The number of amides is 2. The number of nitrogens with one attached hydrogen (secondary N) is 2. The fourth-order valence-electron chi connectivity index (χ4n) is 3.22. The van der Waals surface area contributed by atoms with E-state index in [2.05, 4.69) is 10.6 Å². The second-order valence-electron chi connectivity index (χ2n) is 6.78. The molecule has 23 heavy (non-hydrogen) atoms. The van der Waals surface area contributed by atoms with Crippen molar-refractivity contribution >= 4 is 11.8 Å². The lowest BCUT2D eigenvalue weighted by Gasteiger charge is -2.31. The zero-order valence-electron chi connectivity index (χ0n) is 13.6. The number of nitrogens with two attached hydrogens (primary N) is 2. The number of piperidine rings is 2. The van der Waals surface area contributed by atoms with Crippen LogP contribution in [-0.2, 0) is 9.59 Å². The highest BCUT2D eigenvalue weighted by Crippen LogP contribution is 2.07. The van der Waals surface area contributed by atoms with E-state index in [0.717, 1.165) is 0 Å². The minimum Gasteiger partial charge on any atom is -0.848 e. The summed E-state index contributed by atoms with van der Waals surface area (Å²) in [7, 11) is 0. The highest BCUT2D eigenvalue weighted by atomic mass is 16.3. The zero-order valence-corrected chi connectivity index (χ0v) is 13.6. The van der Waals surface area contributed by atoms with Crippen LogP contribution in [0, 0.1) is 11.8 Å². The molecule has 8 nitrogen and oxygen atoms in total. The number of quaternary nitrogens is 2. The molecule has 0 radical (unpaired) electrons.